The first kappa shape index (κ1) is 24.2. The van der Waals surface area contributed by atoms with Gasteiger partial charge in [0, 0.05) is 19.2 Å². The molecular formula is C17H19F5N2O5S. The molecule has 0 saturated carbocycles. The summed E-state index contributed by atoms with van der Waals surface area (Å²) >= 11 is 0. The van der Waals surface area contributed by atoms with Gasteiger partial charge in [-0.15, -0.1) is 4.83 Å². The summed E-state index contributed by atoms with van der Waals surface area (Å²) in [5, 5.41) is 1.19. The molecule has 2 rings (SSSR count). The number of hydrogen-bond donors (Lipinski definition) is 1. The van der Waals surface area contributed by atoms with Crippen LogP contribution in [0.1, 0.15) is 18.1 Å². The fraction of sp³-hybridized carbons (Fsp3) is 0.471. The minimum absolute atomic E-state index is 0.119. The van der Waals surface area contributed by atoms with Crippen LogP contribution in [0.3, 0.4) is 0 Å². The van der Waals surface area contributed by atoms with Gasteiger partial charge >= 0.3 is 18.1 Å². The number of ether oxygens (including phenoxy) is 2. The summed E-state index contributed by atoms with van der Waals surface area (Å²) in [6.07, 6.45) is -4.85. The maximum absolute atomic E-state index is 14.3. The van der Waals surface area contributed by atoms with E-state index in [-0.39, 0.29) is 39.0 Å². The van der Waals surface area contributed by atoms with Gasteiger partial charge in [0.15, 0.2) is 0 Å². The number of halogens is 5. The van der Waals surface area contributed by atoms with Crippen LogP contribution >= 0.6 is 0 Å². The molecule has 13 heteroatoms. The summed E-state index contributed by atoms with van der Waals surface area (Å²) in [6, 6.07) is 2.56. The first-order valence-electron chi connectivity index (χ1n) is 8.67. The van der Waals surface area contributed by atoms with E-state index in [2.05, 4.69) is 9.57 Å². The van der Waals surface area contributed by atoms with Gasteiger partial charge in [-0.05, 0) is 24.6 Å². The van der Waals surface area contributed by atoms with Gasteiger partial charge in [0.25, 0.3) is 10.0 Å². The smallest absolute Gasteiger partial charge is 0.416 e. The predicted molar refractivity (Wildman–Crippen MR) is 95.4 cm³/mol. The van der Waals surface area contributed by atoms with E-state index in [1.165, 1.54) is 11.9 Å². The molecule has 0 spiro atoms. The van der Waals surface area contributed by atoms with E-state index in [1.54, 1.807) is 0 Å². The standard InChI is InChI=1S/C17H19F5N2O5S/c1-2-29-15(25)16(18,19)11-14(12-3-5-13(6-4-12)17(20,21)22)30(26,27)23-24-7-9-28-10-8-24/h3-6,11,23H,2,7-10H2,1H3/b14-11+. The number of nitrogens with zero attached hydrogens (tertiary/aromatic N) is 1. The van der Waals surface area contributed by atoms with Gasteiger partial charge < -0.3 is 9.47 Å². The highest BCUT2D eigenvalue weighted by Crippen LogP contribution is 2.32. The average Bonchev–Trinajstić information content (AvgIpc) is 2.66. The number of benzene rings is 1. The molecule has 7 nitrogen and oxygen atoms in total. The van der Waals surface area contributed by atoms with Crippen molar-refractivity contribution in [2.45, 2.75) is 19.0 Å². The first-order valence-corrected chi connectivity index (χ1v) is 10.2. The molecule has 1 heterocycles. The normalized spacial score (nSPS) is 17.1. The Morgan fingerprint density at radius 3 is 2.23 bits per heavy atom. The van der Waals surface area contributed by atoms with Gasteiger partial charge in [-0.25, -0.2) is 18.2 Å². The van der Waals surface area contributed by atoms with Crippen LogP contribution in [0, 0.1) is 0 Å². The van der Waals surface area contributed by atoms with Crippen molar-refractivity contribution >= 4 is 20.9 Å². The number of hydrazine groups is 1. The molecule has 0 amide bonds. The van der Waals surface area contributed by atoms with Crippen molar-refractivity contribution < 1.29 is 44.6 Å². The summed E-state index contributed by atoms with van der Waals surface area (Å²) in [7, 11) is -4.69. The third-order valence-corrected chi connectivity index (χ3v) is 5.34. The number of morpholine rings is 1. The highest BCUT2D eigenvalue weighted by atomic mass is 32.2. The lowest BCUT2D eigenvalue weighted by Crippen LogP contribution is -2.48. The number of esters is 1. The van der Waals surface area contributed by atoms with Crippen molar-refractivity contribution in [1.29, 1.82) is 0 Å². The molecule has 0 bridgehead atoms. The lowest BCUT2D eigenvalue weighted by molar-refractivity contribution is -0.164. The van der Waals surface area contributed by atoms with Crippen molar-refractivity contribution in [2.75, 3.05) is 32.9 Å². The largest absolute Gasteiger partial charge is 0.461 e. The van der Waals surface area contributed by atoms with Gasteiger partial charge in [0.05, 0.1) is 30.3 Å². The zero-order valence-electron chi connectivity index (χ0n) is 15.7. The van der Waals surface area contributed by atoms with Gasteiger partial charge in [-0.1, -0.05) is 12.1 Å². The van der Waals surface area contributed by atoms with Crippen LogP contribution in [0.15, 0.2) is 30.3 Å². The summed E-state index contributed by atoms with van der Waals surface area (Å²) in [6.45, 7) is 1.51. The number of alkyl halides is 5. The third-order valence-electron chi connectivity index (χ3n) is 3.91. The molecule has 0 unspecified atom stereocenters. The van der Waals surface area contributed by atoms with E-state index in [9.17, 15) is 35.2 Å². The van der Waals surface area contributed by atoms with Gasteiger partial charge in [0.2, 0.25) is 0 Å². The lowest BCUT2D eigenvalue weighted by Gasteiger charge is -2.27. The number of rotatable bonds is 7. The number of carbonyl (C=O) groups is 1. The number of sulfonamides is 1. The Bertz CT molecular complexity index is 879. The third kappa shape index (κ3) is 6.20. The van der Waals surface area contributed by atoms with E-state index in [1.807, 2.05) is 0 Å². The first-order chi connectivity index (χ1) is 13.9. The van der Waals surface area contributed by atoms with Crippen LogP contribution < -0.4 is 4.83 Å². The van der Waals surface area contributed by atoms with Gasteiger partial charge in [-0.3, -0.25) is 0 Å². The van der Waals surface area contributed by atoms with E-state index in [0.717, 1.165) is 12.1 Å². The summed E-state index contributed by atoms with van der Waals surface area (Å²) < 4.78 is 102. The van der Waals surface area contributed by atoms with Crippen LogP contribution in [0.25, 0.3) is 4.91 Å². The molecule has 1 fully saturated rings. The van der Waals surface area contributed by atoms with Crippen molar-refractivity contribution in [2.24, 2.45) is 0 Å². The minimum Gasteiger partial charge on any atom is -0.461 e. The van der Waals surface area contributed by atoms with Crippen molar-refractivity contribution in [3.8, 4) is 0 Å². The molecule has 1 aromatic rings. The van der Waals surface area contributed by atoms with Crippen molar-refractivity contribution in [3.05, 3.63) is 41.5 Å². The molecule has 30 heavy (non-hydrogen) atoms. The fourth-order valence-corrected chi connectivity index (χ4v) is 3.83. The molecule has 1 N–H and O–H groups in total. The second-order valence-corrected chi connectivity index (χ2v) is 7.75. The van der Waals surface area contributed by atoms with E-state index in [0.29, 0.717) is 12.1 Å². The van der Waals surface area contributed by atoms with Crippen molar-refractivity contribution in [3.63, 3.8) is 0 Å². The fourth-order valence-electron chi connectivity index (χ4n) is 2.46. The molecule has 1 saturated heterocycles. The number of hydrogen-bond acceptors (Lipinski definition) is 6. The van der Waals surface area contributed by atoms with Crippen LogP contribution in [-0.4, -0.2) is 58.2 Å². The minimum atomic E-state index is -4.71. The van der Waals surface area contributed by atoms with Crippen LogP contribution in [0.5, 0.6) is 0 Å². The zero-order chi connectivity index (χ0) is 22.6. The Morgan fingerprint density at radius 1 is 1.17 bits per heavy atom. The van der Waals surface area contributed by atoms with E-state index in [4.69, 9.17) is 4.74 Å². The Labute approximate surface area is 169 Å². The quantitative estimate of drug-likeness (QED) is 0.499. The molecular weight excluding hydrogens is 439 g/mol. The lowest BCUT2D eigenvalue weighted by atomic mass is 10.1. The Morgan fingerprint density at radius 2 is 1.73 bits per heavy atom. The van der Waals surface area contributed by atoms with Crippen LogP contribution in [0.4, 0.5) is 22.0 Å². The van der Waals surface area contributed by atoms with Crippen LogP contribution in [0.2, 0.25) is 0 Å². The maximum Gasteiger partial charge on any atom is 0.416 e. The van der Waals surface area contributed by atoms with E-state index < -0.39 is 44.1 Å². The molecule has 1 aromatic carbocycles. The van der Waals surface area contributed by atoms with Gasteiger partial charge in [-0.2, -0.15) is 22.0 Å². The van der Waals surface area contributed by atoms with Crippen molar-refractivity contribution in [1.82, 2.24) is 9.84 Å². The van der Waals surface area contributed by atoms with Crippen LogP contribution in [-0.2, 0) is 30.5 Å². The Balaban J connectivity index is 2.49. The summed E-state index contributed by atoms with van der Waals surface area (Å²) in [5.41, 5.74) is -1.56. The van der Waals surface area contributed by atoms with E-state index >= 15 is 0 Å². The number of nitrogens with one attached hydrogen (secondary N) is 1. The molecule has 1 aliphatic rings. The summed E-state index contributed by atoms with van der Waals surface area (Å²) in [5.74, 6) is -6.33. The highest BCUT2D eigenvalue weighted by molar-refractivity contribution is 7.98. The molecule has 0 atom stereocenters. The molecule has 168 valence electrons. The maximum atomic E-state index is 14.3. The molecule has 0 aromatic heterocycles. The zero-order valence-corrected chi connectivity index (χ0v) is 16.5. The van der Waals surface area contributed by atoms with Gasteiger partial charge in [0.1, 0.15) is 0 Å². The number of carbonyl (C=O) groups excluding carboxylic acids is 1. The molecule has 0 radical (unpaired) electrons. The Kier molecular flexibility index (Phi) is 7.55. The summed E-state index contributed by atoms with van der Waals surface area (Å²) in [4.78, 5) is 12.5. The molecule has 1 aliphatic heterocycles. The molecule has 0 aliphatic carbocycles. The second-order valence-electron chi connectivity index (χ2n) is 6.12. The highest BCUT2D eigenvalue weighted by Gasteiger charge is 2.41. The second kappa shape index (κ2) is 9.37. The SMILES string of the molecule is CCOC(=O)C(F)(F)/C=C(\c1ccc(C(F)(F)F)cc1)S(=O)(=O)NN1CCOCC1. The Hall–Kier alpha value is -2.09. The predicted octanol–water partition coefficient (Wildman–Crippen LogP) is 2.41. The monoisotopic (exact) mass is 458 g/mol. The average molecular weight is 458 g/mol. The topological polar surface area (TPSA) is 84.9 Å².